The molecule has 0 radical (unpaired) electrons. The summed E-state index contributed by atoms with van der Waals surface area (Å²) in [4.78, 5) is 15.0. The van der Waals surface area contributed by atoms with E-state index in [1.54, 1.807) is 28.3 Å². The van der Waals surface area contributed by atoms with Gasteiger partial charge in [0, 0.05) is 31.2 Å². The fourth-order valence-corrected chi connectivity index (χ4v) is 5.63. The van der Waals surface area contributed by atoms with Gasteiger partial charge < -0.3 is 10.0 Å². The van der Waals surface area contributed by atoms with Crippen molar-refractivity contribution in [2.75, 3.05) is 19.7 Å². The van der Waals surface area contributed by atoms with E-state index in [0.717, 1.165) is 24.8 Å². The number of aliphatic hydroxyl groups is 1. The van der Waals surface area contributed by atoms with Gasteiger partial charge in [-0.2, -0.15) is 4.31 Å². The van der Waals surface area contributed by atoms with Crippen molar-refractivity contribution in [2.24, 2.45) is 0 Å². The lowest BCUT2D eigenvalue weighted by atomic mass is 10.1. The third-order valence-electron chi connectivity index (χ3n) is 5.66. The van der Waals surface area contributed by atoms with Crippen LogP contribution in [0.4, 0.5) is 0 Å². The molecule has 6 nitrogen and oxygen atoms in total. The molecule has 0 aliphatic carbocycles. The van der Waals surface area contributed by atoms with Crippen LogP contribution in [0.5, 0.6) is 0 Å². The van der Waals surface area contributed by atoms with E-state index >= 15 is 0 Å². The van der Waals surface area contributed by atoms with Crippen molar-refractivity contribution < 1.29 is 18.3 Å². The first-order valence-corrected chi connectivity index (χ1v) is 11.8. The molecule has 2 aromatic carbocycles. The summed E-state index contributed by atoms with van der Waals surface area (Å²) < 4.78 is 28.0. The quantitative estimate of drug-likeness (QED) is 0.732. The standard InChI is InChI=1S/C23H30N2O4S/c1-18-11-12-21(30(28,29)25-13-7-6-8-19(25)2)16-22(18)23(27)24(14-15-26)17-20-9-4-3-5-10-20/h3-5,9-12,16,19,26H,6-8,13-15,17H2,1-2H3. The summed E-state index contributed by atoms with van der Waals surface area (Å²) in [5.41, 5.74) is 2.01. The van der Waals surface area contributed by atoms with Crippen LogP contribution in [0.3, 0.4) is 0 Å². The molecule has 30 heavy (non-hydrogen) atoms. The molecule has 1 saturated heterocycles. The van der Waals surface area contributed by atoms with Crippen LogP contribution >= 0.6 is 0 Å². The maximum Gasteiger partial charge on any atom is 0.254 e. The van der Waals surface area contributed by atoms with E-state index in [4.69, 9.17) is 0 Å². The lowest BCUT2D eigenvalue weighted by Gasteiger charge is -2.32. The summed E-state index contributed by atoms with van der Waals surface area (Å²) in [7, 11) is -3.67. The molecule has 0 bridgehead atoms. The Bertz CT molecular complexity index is 976. The van der Waals surface area contributed by atoms with Crippen molar-refractivity contribution >= 4 is 15.9 Å². The van der Waals surface area contributed by atoms with Crippen LogP contribution in [0.25, 0.3) is 0 Å². The molecule has 1 aliphatic rings. The summed E-state index contributed by atoms with van der Waals surface area (Å²) in [5.74, 6) is -0.283. The number of sulfonamides is 1. The zero-order chi connectivity index (χ0) is 21.7. The molecule has 1 aliphatic heterocycles. The number of piperidine rings is 1. The Kier molecular flexibility index (Phi) is 7.28. The molecule has 7 heteroatoms. The summed E-state index contributed by atoms with van der Waals surface area (Å²) in [6.45, 7) is 4.59. The van der Waals surface area contributed by atoms with Crippen molar-refractivity contribution in [2.45, 2.75) is 50.6 Å². The van der Waals surface area contributed by atoms with Gasteiger partial charge in [-0.05, 0) is 49.9 Å². The largest absolute Gasteiger partial charge is 0.395 e. The van der Waals surface area contributed by atoms with Gasteiger partial charge in [-0.25, -0.2) is 8.42 Å². The molecule has 1 unspecified atom stereocenters. The van der Waals surface area contributed by atoms with Crippen LogP contribution in [0.2, 0.25) is 0 Å². The summed E-state index contributed by atoms with van der Waals surface area (Å²) >= 11 is 0. The minimum Gasteiger partial charge on any atom is -0.395 e. The zero-order valence-electron chi connectivity index (χ0n) is 17.6. The minimum atomic E-state index is -3.67. The first-order chi connectivity index (χ1) is 14.3. The molecule has 1 heterocycles. The van der Waals surface area contributed by atoms with Gasteiger partial charge in [-0.1, -0.05) is 42.8 Å². The van der Waals surface area contributed by atoms with Crippen molar-refractivity contribution in [3.8, 4) is 0 Å². The van der Waals surface area contributed by atoms with E-state index < -0.39 is 10.0 Å². The monoisotopic (exact) mass is 430 g/mol. The van der Waals surface area contributed by atoms with Crippen molar-refractivity contribution in [1.82, 2.24) is 9.21 Å². The predicted molar refractivity (Wildman–Crippen MR) is 117 cm³/mol. The summed E-state index contributed by atoms with van der Waals surface area (Å²) in [5, 5.41) is 9.47. The van der Waals surface area contributed by atoms with E-state index in [0.29, 0.717) is 24.2 Å². The highest BCUT2D eigenvalue weighted by atomic mass is 32.2. The molecule has 1 fully saturated rings. The Labute approximate surface area is 179 Å². The minimum absolute atomic E-state index is 0.0480. The van der Waals surface area contributed by atoms with Gasteiger partial charge >= 0.3 is 0 Å². The first kappa shape index (κ1) is 22.5. The van der Waals surface area contributed by atoms with E-state index in [2.05, 4.69) is 0 Å². The first-order valence-electron chi connectivity index (χ1n) is 10.4. The molecule has 162 valence electrons. The highest BCUT2D eigenvalue weighted by Gasteiger charge is 2.32. The van der Waals surface area contributed by atoms with E-state index in [1.165, 1.54) is 6.07 Å². The Morgan fingerprint density at radius 2 is 1.90 bits per heavy atom. The number of aryl methyl sites for hydroxylation is 1. The van der Waals surface area contributed by atoms with Gasteiger partial charge in [0.15, 0.2) is 0 Å². The lowest BCUT2D eigenvalue weighted by molar-refractivity contribution is 0.0707. The third-order valence-corrected chi connectivity index (χ3v) is 7.67. The second-order valence-electron chi connectivity index (χ2n) is 7.87. The molecular formula is C23H30N2O4S. The smallest absolute Gasteiger partial charge is 0.254 e. The molecule has 0 saturated carbocycles. The topological polar surface area (TPSA) is 77.9 Å². The van der Waals surface area contributed by atoms with Crippen LogP contribution in [-0.2, 0) is 16.6 Å². The zero-order valence-corrected chi connectivity index (χ0v) is 18.4. The number of nitrogens with zero attached hydrogens (tertiary/aromatic N) is 2. The molecule has 1 atom stereocenters. The number of carbonyl (C=O) groups is 1. The van der Waals surface area contributed by atoms with E-state index in [-0.39, 0.29) is 30.0 Å². The van der Waals surface area contributed by atoms with E-state index in [1.807, 2.05) is 37.3 Å². The maximum atomic E-state index is 13.3. The molecule has 1 N–H and O–H groups in total. The number of rotatable bonds is 7. The fourth-order valence-electron chi connectivity index (χ4n) is 3.90. The number of carbonyl (C=O) groups excluding carboxylic acids is 1. The average Bonchev–Trinajstić information content (AvgIpc) is 2.74. The molecule has 0 aromatic heterocycles. The Hall–Kier alpha value is -2.22. The van der Waals surface area contributed by atoms with E-state index in [9.17, 15) is 18.3 Å². The number of hydrogen-bond donors (Lipinski definition) is 1. The Balaban J connectivity index is 1.92. The molecule has 1 amide bonds. The average molecular weight is 431 g/mol. The van der Waals surface area contributed by atoms with Crippen molar-refractivity contribution in [3.63, 3.8) is 0 Å². The van der Waals surface area contributed by atoms with Crippen molar-refractivity contribution in [1.29, 1.82) is 0 Å². The van der Waals surface area contributed by atoms with Crippen LogP contribution in [0.1, 0.15) is 47.7 Å². The number of amides is 1. The molecule has 2 aromatic rings. The van der Waals surface area contributed by atoms with Gasteiger partial charge in [0.2, 0.25) is 10.0 Å². The summed E-state index contributed by atoms with van der Waals surface area (Å²) in [6.07, 6.45) is 2.72. The number of hydrogen-bond acceptors (Lipinski definition) is 4. The lowest BCUT2D eigenvalue weighted by Crippen LogP contribution is -2.42. The number of benzene rings is 2. The van der Waals surface area contributed by atoms with Crippen molar-refractivity contribution in [3.05, 3.63) is 65.2 Å². The maximum absolute atomic E-state index is 13.3. The van der Waals surface area contributed by atoms with Crippen LogP contribution in [0.15, 0.2) is 53.4 Å². The van der Waals surface area contributed by atoms with Crippen LogP contribution < -0.4 is 0 Å². The molecule has 0 spiro atoms. The van der Waals surface area contributed by atoms with Gasteiger partial charge in [0.1, 0.15) is 0 Å². The second-order valence-corrected chi connectivity index (χ2v) is 9.76. The highest BCUT2D eigenvalue weighted by Crippen LogP contribution is 2.27. The second kappa shape index (κ2) is 9.73. The SMILES string of the molecule is Cc1ccc(S(=O)(=O)N2CCCCC2C)cc1C(=O)N(CCO)Cc1ccccc1. The van der Waals surface area contributed by atoms with Gasteiger partial charge in [0.25, 0.3) is 5.91 Å². The number of aliphatic hydroxyl groups excluding tert-OH is 1. The molecule has 3 rings (SSSR count). The highest BCUT2D eigenvalue weighted by molar-refractivity contribution is 7.89. The Morgan fingerprint density at radius 1 is 1.17 bits per heavy atom. The van der Waals surface area contributed by atoms with Gasteiger partial charge in [-0.15, -0.1) is 0 Å². The predicted octanol–water partition coefficient (Wildman–Crippen LogP) is 3.19. The normalized spacial score (nSPS) is 17.6. The third kappa shape index (κ3) is 4.91. The Morgan fingerprint density at radius 3 is 2.57 bits per heavy atom. The van der Waals surface area contributed by atoms with Crippen LogP contribution in [-0.4, -0.2) is 54.4 Å². The summed E-state index contributed by atoms with van der Waals surface area (Å²) in [6, 6.07) is 14.3. The van der Waals surface area contributed by atoms with Crippen LogP contribution in [0, 0.1) is 6.92 Å². The fraction of sp³-hybridized carbons (Fsp3) is 0.435. The van der Waals surface area contributed by atoms with Gasteiger partial charge in [-0.3, -0.25) is 4.79 Å². The van der Waals surface area contributed by atoms with Gasteiger partial charge in [0.05, 0.1) is 11.5 Å². The molecular weight excluding hydrogens is 400 g/mol.